The van der Waals surface area contributed by atoms with Crippen LogP contribution in [0, 0.1) is 0 Å². The van der Waals surface area contributed by atoms with Crippen LogP contribution in [0.1, 0.15) is 59.2 Å². The van der Waals surface area contributed by atoms with Gasteiger partial charge in [-0.25, -0.2) is 4.79 Å². The van der Waals surface area contributed by atoms with E-state index in [1.165, 1.54) is 22.6 Å². The molecule has 3 N–H and O–H groups in total. The Kier molecular flexibility index (Phi) is 9.90. The molecule has 1 aliphatic carbocycles. The highest BCUT2D eigenvalue weighted by Gasteiger charge is 2.34. The molecule has 220 valence electrons. The second-order valence-corrected chi connectivity index (χ2v) is 10.2. The van der Waals surface area contributed by atoms with Gasteiger partial charge in [0.1, 0.15) is 0 Å². The summed E-state index contributed by atoms with van der Waals surface area (Å²) in [7, 11) is 0. The number of carbonyl (C=O) groups is 3. The lowest BCUT2D eigenvalue weighted by Crippen LogP contribution is -2.34. The van der Waals surface area contributed by atoms with Crippen molar-refractivity contribution in [1.82, 2.24) is 5.32 Å². The lowest BCUT2D eigenvalue weighted by Gasteiger charge is -2.25. The molecule has 1 aliphatic rings. The number of rotatable bonds is 9. The normalized spacial score (nSPS) is 13.2. The third-order valence-corrected chi connectivity index (χ3v) is 7.22. The molecule has 0 bridgehead atoms. The second kappa shape index (κ2) is 13.6. The van der Waals surface area contributed by atoms with Gasteiger partial charge in [-0.3, -0.25) is 14.5 Å². The first-order valence-electron chi connectivity index (χ1n) is 13.4. The summed E-state index contributed by atoms with van der Waals surface area (Å²) in [6, 6.07) is 16.4. The summed E-state index contributed by atoms with van der Waals surface area (Å²) < 4.78 is 40.2. The number of carboxylic acid groups (broad SMARTS) is 1. The van der Waals surface area contributed by atoms with Crippen LogP contribution in [0.25, 0.3) is 5.57 Å². The highest BCUT2D eigenvalue weighted by molar-refractivity contribution is 6.34. The Morgan fingerprint density at radius 2 is 1.67 bits per heavy atom. The molecule has 0 atom stereocenters. The van der Waals surface area contributed by atoms with Gasteiger partial charge in [0.25, 0.3) is 5.91 Å². The number of nitrogens with one attached hydrogen (secondary N) is 2. The van der Waals surface area contributed by atoms with Crippen molar-refractivity contribution < 1.29 is 32.7 Å². The average Bonchev–Trinajstić information content (AvgIpc) is 2.97. The molecule has 0 aromatic heterocycles. The Bertz CT molecular complexity index is 1470. The number of carbonyl (C=O) groups excluding carboxylic acids is 2. The highest BCUT2D eigenvalue weighted by atomic mass is 35.5. The number of alkyl halides is 3. The molecule has 42 heavy (non-hydrogen) atoms. The summed E-state index contributed by atoms with van der Waals surface area (Å²) in [5.74, 6) is -1.47. The van der Waals surface area contributed by atoms with Crippen molar-refractivity contribution in [3.63, 3.8) is 0 Å². The molecule has 3 aromatic carbocycles. The number of urea groups is 1. The molecule has 0 saturated carbocycles. The van der Waals surface area contributed by atoms with Gasteiger partial charge in [-0.1, -0.05) is 48.0 Å². The van der Waals surface area contributed by atoms with E-state index < -0.39 is 34.7 Å². The Morgan fingerprint density at radius 3 is 2.29 bits per heavy atom. The Morgan fingerprint density at radius 1 is 0.952 bits per heavy atom. The van der Waals surface area contributed by atoms with Crippen LogP contribution in [0.15, 0.2) is 72.8 Å². The van der Waals surface area contributed by atoms with Gasteiger partial charge in [0, 0.05) is 17.8 Å². The molecule has 0 aliphatic heterocycles. The van der Waals surface area contributed by atoms with Crippen LogP contribution in [-0.2, 0) is 17.5 Å². The first-order valence-corrected chi connectivity index (χ1v) is 13.7. The van der Waals surface area contributed by atoms with Gasteiger partial charge in [0.2, 0.25) is 0 Å². The first kappa shape index (κ1) is 30.6. The van der Waals surface area contributed by atoms with E-state index in [0.717, 1.165) is 37.3 Å². The van der Waals surface area contributed by atoms with Crippen LogP contribution < -0.4 is 15.5 Å². The predicted molar refractivity (Wildman–Crippen MR) is 156 cm³/mol. The average molecular weight is 600 g/mol. The zero-order valence-corrected chi connectivity index (χ0v) is 23.3. The molecular weight excluding hydrogens is 571 g/mol. The number of aliphatic carboxylic acids is 1. The quantitative estimate of drug-likeness (QED) is 0.234. The molecule has 0 unspecified atom stereocenters. The van der Waals surface area contributed by atoms with Crippen LogP contribution in [0.4, 0.5) is 29.3 Å². The zero-order chi connectivity index (χ0) is 30.3. The maximum Gasteiger partial charge on any atom is 0.417 e. The predicted octanol–water partition coefficient (Wildman–Crippen LogP) is 7.76. The van der Waals surface area contributed by atoms with Crippen LogP contribution in [0.2, 0.25) is 5.02 Å². The van der Waals surface area contributed by atoms with E-state index in [0.29, 0.717) is 16.8 Å². The topological polar surface area (TPSA) is 98.7 Å². The SMILES string of the molecule is O=C(O)CCNC(=O)c1ccc(CN(C(=O)Nc2cccc(C(F)(F)F)c2Cl)c2ccc(C3=CCCCC3)cc2)cc1. The third-order valence-electron chi connectivity index (χ3n) is 6.81. The van der Waals surface area contributed by atoms with E-state index in [1.807, 2.05) is 12.1 Å². The van der Waals surface area contributed by atoms with Crippen molar-refractivity contribution in [3.8, 4) is 0 Å². The number of nitrogens with zero attached hydrogens (tertiary/aromatic N) is 1. The number of allylic oxidation sites excluding steroid dienone is 2. The molecule has 3 aromatic rings. The number of hydrogen-bond donors (Lipinski definition) is 3. The minimum atomic E-state index is -4.69. The summed E-state index contributed by atoms with van der Waals surface area (Å²) in [5.41, 5.74) is 2.48. The zero-order valence-electron chi connectivity index (χ0n) is 22.5. The summed E-state index contributed by atoms with van der Waals surface area (Å²) in [6.07, 6.45) is 1.54. The standard InChI is InChI=1S/C31H29ClF3N3O4/c32-28-25(31(33,34)35)7-4-8-26(28)37-30(42)38(24-15-13-22(14-16-24)21-5-2-1-3-6-21)19-20-9-11-23(12-10-20)29(41)36-18-17-27(39)40/h4-5,7-16H,1-3,6,17-19H2,(H,36,41)(H,37,42)(H,39,40). The number of amides is 3. The van der Waals surface area contributed by atoms with E-state index in [9.17, 15) is 27.6 Å². The van der Waals surface area contributed by atoms with Crippen LogP contribution in [-0.4, -0.2) is 29.6 Å². The molecule has 7 nitrogen and oxygen atoms in total. The molecule has 3 amide bonds. The van der Waals surface area contributed by atoms with Gasteiger partial charge in [0.15, 0.2) is 0 Å². The van der Waals surface area contributed by atoms with Gasteiger partial charge < -0.3 is 15.7 Å². The number of carboxylic acids is 1. The Hall–Kier alpha value is -4.31. The molecule has 11 heteroatoms. The summed E-state index contributed by atoms with van der Waals surface area (Å²) in [4.78, 5) is 37.9. The monoisotopic (exact) mass is 599 g/mol. The second-order valence-electron chi connectivity index (χ2n) is 9.80. The van der Waals surface area contributed by atoms with Gasteiger partial charge >= 0.3 is 18.2 Å². The molecular formula is C31H29ClF3N3O4. The lowest BCUT2D eigenvalue weighted by molar-refractivity contribution is -0.138. The maximum absolute atomic E-state index is 13.5. The number of benzene rings is 3. The molecule has 0 spiro atoms. The van der Waals surface area contributed by atoms with Crippen molar-refractivity contribution in [2.45, 2.75) is 44.8 Å². The van der Waals surface area contributed by atoms with Gasteiger partial charge in [-0.05, 0) is 78.8 Å². The fourth-order valence-corrected chi connectivity index (χ4v) is 4.88. The van der Waals surface area contributed by atoms with Gasteiger partial charge in [-0.2, -0.15) is 13.2 Å². The van der Waals surface area contributed by atoms with Crippen LogP contribution >= 0.6 is 11.6 Å². The number of anilines is 2. The van der Waals surface area contributed by atoms with Crippen molar-refractivity contribution in [3.05, 3.63) is 100 Å². The van der Waals surface area contributed by atoms with Crippen molar-refractivity contribution >= 4 is 46.5 Å². The Labute approximate surface area is 246 Å². The van der Waals surface area contributed by atoms with E-state index >= 15 is 0 Å². The summed E-state index contributed by atoms with van der Waals surface area (Å²) >= 11 is 6.03. The van der Waals surface area contributed by atoms with Crippen molar-refractivity contribution in [2.24, 2.45) is 0 Å². The van der Waals surface area contributed by atoms with Gasteiger partial charge in [-0.15, -0.1) is 0 Å². The van der Waals surface area contributed by atoms with Crippen LogP contribution in [0.3, 0.4) is 0 Å². The van der Waals surface area contributed by atoms with E-state index in [4.69, 9.17) is 16.7 Å². The maximum atomic E-state index is 13.5. The minimum Gasteiger partial charge on any atom is -0.481 e. The summed E-state index contributed by atoms with van der Waals surface area (Å²) in [5, 5.41) is 13.2. The first-order chi connectivity index (χ1) is 20.0. The van der Waals surface area contributed by atoms with E-state index in [2.05, 4.69) is 16.7 Å². The lowest BCUT2D eigenvalue weighted by atomic mass is 9.93. The van der Waals surface area contributed by atoms with Crippen LogP contribution in [0.5, 0.6) is 0 Å². The fourth-order valence-electron chi connectivity index (χ4n) is 4.60. The number of halogens is 4. The van der Waals surface area contributed by atoms with Crippen molar-refractivity contribution in [1.29, 1.82) is 0 Å². The smallest absolute Gasteiger partial charge is 0.417 e. The molecule has 4 rings (SSSR count). The number of hydrogen-bond acceptors (Lipinski definition) is 3. The largest absolute Gasteiger partial charge is 0.481 e. The minimum absolute atomic E-state index is 0.0190. The fraction of sp³-hybridized carbons (Fsp3) is 0.258. The molecule has 0 heterocycles. The van der Waals surface area contributed by atoms with Crippen molar-refractivity contribution in [2.75, 3.05) is 16.8 Å². The van der Waals surface area contributed by atoms with Gasteiger partial charge in [0.05, 0.1) is 29.2 Å². The molecule has 0 radical (unpaired) electrons. The molecule has 0 saturated heterocycles. The molecule has 0 fully saturated rings. The summed E-state index contributed by atoms with van der Waals surface area (Å²) in [6.45, 7) is 0.0141. The Balaban J connectivity index is 1.58. The van der Waals surface area contributed by atoms with E-state index in [1.54, 1.807) is 36.4 Å². The highest BCUT2D eigenvalue weighted by Crippen LogP contribution is 2.38. The van der Waals surface area contributed by atoms with E-state index in [-0.39, 0.29) is 25.2 Å². The third kappa shape index (κ3) is 7.91.